The molecule has 2 aromatic carbocycles. The number of aliphatic imine (C=N–C) groups is 1. The van der Waals surface area contributed by atoms with Crippen molar-refractivity contribution >= 4 is 11.8 Å². The normalized spacial score (nSPS) is 19.1. The molecular formula is C19H19N. The molecule has 3 rings (SSSR count). The molecule has 0 saturated carbocycles. The minimum Gasteiger partial charge on any atom is -0.257 e. The van der Waals surface area contributed by atoms with Crippen LogP contribution in [0.1, 0.15) is 31.4 Å². The van der Waals surface area contributed by atoms with Gasteiger partial charge in [-0.05, 0) is 17.2 Å². The quantitative estimate of drug-likeness (QED) is 0.725. The number of allylic oxidation sites excluding steroid dienone is 1. The maximum absolute atomic E-state index is 4.88. The topological polar surface area (TPSA) is 12.4 Å². The van der Waals surface area contributed by atoms with Gasteiger partial charge in [-0.3, -0.25) is 4.99 Å². The highest BCUT2D eigenvalue weighted by Crippen LogP contribution is 2.40. The van der Waals surface area contributed by atoms with E-state index in [1.165, 1.54) is 22.5 Å². The van der Waals surface area contributed by atoms with Gasteiger partial charge in [-0.25, -0.2) is 0 Å². The van der Waals surface area contributed by atoms with Crippen LogP contribution in [0.25, 0.3) is 6.08 Å². The van der Waals surface area contributed by atoms with Gasteiger partial charge < -0.3 is 0 Å². The summed E-state index contributed by atoms with van der Waals surface area (Å²) in [6.07, 6.45) is 3.20. The molecule has 0 aliphatic carbocycles. The summed E-state index contributed by atoms with van der Waals surface area (Å²) < 4.78 is 0. The first-order chi connectivity index (χ1) is 9.65. The van der Waals surface area contributed by atoms with E-state index in [2.05, 4.69) is 68.5 Å². The molecule has 0 amide bonds. The number of benzene rings is 2. The van der Waals surface area contributed by atoms with Crippen LogP contribution >= 0.6 is 0 Å². The molecule has 1 aliphatic heterocycles. The number of hydrogen-bond acceptors (Lipinski definition) is 1. The lowest BCUT2D eigenvalue weighted by molar-refractivity contribution is 0.488. The summed E-state index contributed by atoms with van der Waals surface area (Å²) >= 11 is 0. The van der Waals surface area contributed by atoms with Crippen molar-refractivity contribution in [1.29, 1.82) is 0 Å². The molecule has 0 unspecified atom stereocenters. The van der Waals surface area contributed by atoms with E-state index in [1.807, 2.05) is 12.1 Å². The molecule has 0 atom stereocenters. The first-order valence-corrected chi connectivity index (χ1v) is 7.05. The lowest BCUT2D eigenvalue weighted by Crippen LogP contribution is -2.11. The molecule has 0 spiro atoms. The molecule has 1 heterocycles. The summed E-state index contributed by atoms with van der Waals surface area (Å²) in [7, 11) is 0. The van der Waals surface area contributed by atoms with Crippen molar-refractivity contribution in [3.8, 4) is 0 Å². The first kappa shape index (κ1) is 12.9. The Hall–Kier alpha value is -2.15. The summed E-state index contributed by atoms with van der Waals surface area (Å²) in [5.41, 5.74) is 4.91. The van der Waals surface area contributed by atoms with Crippen LogP contribution in [0.2, 0.25) is 0 Å². The van der Waals surface area contributed by atoms with Crippen molar-refractivity contribution in [2.45, 2.75) is 20.3 Å². The Morgan fingerprint density at radius 3 is 2.15 bits per heavy atom. The summed E-state index contributed by atoms with van der Waals surface area (Å²) in [5.74, 6) is 0. The predicted octanol–water partition coefficient (Wildman–Crippen LogP) is 4.95. The minimum atomic E-state index is 0.0982. The summed E-state index contributed by atoms with van der Waals surface area (Å²) in [4.78, 5) is 4.88. The van der Waals surface area contributed by atoms with Crippen LogP contribution in [0.4, 0.5) is 0 Å². The zero-order chi connectivity index (χ0) is 14.0. The summed E-state index contributed by atoms with van der Waals surface area (Å²) in [6, 6.07) is 20.9. The minimum absolute atomic E-state index is 0.0982. The second-order valence-electron chi connectivity index (χ2n) is 5.93. The van der Waals surface area contributed by atoms with Crippen LogP contribution < -0.4 is 0 Å². The van der Waals surface area contributed by atoms with E-state index < -0.39 is 0 Å². The van der Waals surface area contributed by atoms with E-state index >= 15 is 0 Å². The van der Waals surface area contributed by atoms with E-state index in [4.69, 9.17) is 4.99 Å². The van der Waals surface area contributed by atoms with Gasteiger partial charge in [0.05, 0.1) is 0 Å². The highest BCUT2D eigenvalue weighted by Gasteiger charge is 2.31. The van der Waals surface area contributed by atoms with E-state index in [0.717, 1.165) is 6.42 Å². The van der Waals surface area contributed by atoms with Crippen molar-refractivity contribution in [3.63, 3.8) is 0 Å². The Morgan fingerprint density at radius 2 is 1.50 bits per heavy atom. The fraction of sp³-hybridized carbons (Fsp3) is 0.211. The molecule has 0 aromatic heterocycles. The van der Waals surface area contributed by atoms with Gasteiger partial charge >= 0.3 is 0 Å². The Kier molecular flexibility index (Phi) is 3.27. The third-order valence-corrected chi connectivity index (χ3v) is 3.77. The second-order valence-corrected chi connectivity index (χ2v) is 5.93. The van der Waals surface area contributed by atoms with Crippen molar-refractivity contribution < 1.29 is 0 Å². The molecule has 1 heteroatoms. The van der Waals surface area contributed by atoms with Crippen molar-refractivity contribution in [1.82, 2.24) is 0 Å². The monoisotopic (exact) mass is 261 g/mol. The fourth-order valence-electron chi connectivity index (χ4n) is 2.58. The largest absolute Gasteiger partial charge is 0.257 e. The van der Waals surface area contributed by atoms with Crippen LogP contribution in [-0.2, 0) is 0 Å². The summed E-state index contributed by atoms with van der Waals surface area (Å²) in [5, 5.41) is 0. The third kappa shape index (κ3) is 2.57. The van der Waals surface area contributed by atoms with Crippen LogP contribution in [-0.4, -0.2) is 5.71 Å². The Morgan fingerprint density at radius 1 is 0.900 bits per heavy atom. The molecule has 0 saturated heterocycles. The zero-order valence-electron chi connectivity index (χ0n) is 12.0. The number of rotatable bonds is 2. The molecular weight excluding hydrogens is 242 g/mol. The SMILES string of the molecule is CC1(C)CC(c2ccccc2)=NC1=Cc1ccccc1. The van der Waals surface area contributed by atoms with Gasteiger partial charge in [-0.1, -0.05) is 74.5 Å². The lowest BCUT2D eigenvalue weighted by Gasteiger charge is -2.18. The van der Waals surface area contributed by atoms with Gasteiger partial charge in [-0.15, -0.1) is 0 Å². The van der Waals surface area contributed by atoms with Gasteiger partial charge in [-0.2, -0.15) is 0 Å². The molecule has 0 fully saturated rings. The van der Waals surface area contributed by atoms with Crippen molar-refractivity contribution in [2.75, 3.05) is 0 Å². The average Bonchev–Trinajstić information content (AvgIpc) is 2.76. The first-order valence-electron chi connectivity index (χ1n) is 7.05. The molecule has 100 valence electrons. The predicted molar refractivity (Wildman–Crippen MR) is 85.8 cm³/mol. The maximum atomic E-state index is 4.88. The lowest BCUT2D eigenvalue weighted by atomic mass is 9.85. The molecule has 2 aromatic rings. The van der Waals surface area contributed by atoms with E-state index in [1.54, 1.807) is 0 Å². The fourth-order valence-corrected chi connectivity index (χ4v) is 2.58. The van der Waals surface area contributed by atoms with Crippen molar-refractivity contribution in [2.24, 2.45) is 10.4 Å². The van der Waals surface area contributed by atoms with Crippen LogP contribution in [0.5, 0.6) is 0 Å². The smallest absolute Gasteiger partial charge is 0.0488 e. The van der Waals surface area contributed by atoms with Gasteiger partial charge in [0.15, 0.2) is 0 Å². The highest BCUT2D eigenvalue weighted by atomic mass is 14.8. The van der Waals surface area contributed by atoms with E-state index in [0.29, 0.717) is 0 Å². The van der Waals surface area contributed by atoms with Crippen LogP contribution in [0.15, 0.2) is 71.4 Å². The standard InChI is InChI=1S/C19H19N/c1-19(2)14-17(16-11-7-4-8-12-16)20-18(19)13-15-9-5-3-6-10-15/h3-13H,14H2,1-2H3. The molecule has 0 radical (unpaired) electrons. The maximum Gasteiger partial charge on any atom is 0.0488 e. The van der Waals surface area contributed by atoms with Crippen LogP contribution in [0, 0.1) is 5.41 Å². The van der Waals surface area contributed by atoms with Gasteiger partial charge in [0.2, 0.25) is 0 Å². The van der Waals surface area contributed by atoms with Crippen molar-refractivity contribution in [3.05, 3.63) is 77.5 Å². The number of nitrogens with zero attached hydrogens (tertiary/aromatic N) is 1. The van der Waals surface area contributed by atoms with Gasteiger partial charge in [0.1, 0.15) is 0 Å². The Labute approximate surface area is 120 Å². The second kappa shape index (κ2) is 5.09. The van der Waals surface area contributed by atoms with E-state index in [-0.39, 0.29) is 5.41 Å². The summed E-state index contributed by atoms with van der Waals surface area (Å²) in [6.45, 7) is 4.53. The van der Waals surface area contributed by atoms with Crippen LogP contribution in [0.3, 0.4) is 0 Å². The third-order valence-electron chi connectivity index (χ3n) is 3.77. The molecule has 1 aliphatic rings. The zero-order valence-corrected chi connectivity index (χ0v) is 12.0. The van der Waals surface area contributed by atoms with E-state index in [9.17, 15) is 0 Å². The van der Waals surface area contributed by atoms with Gasteiger partial charge in [0.25, 0.3) is 0 Å². The Balaban J connectivity index is 1.98. The Bertz CT molecular complexity index is 649. The molecule has 1 nitrogen and oxygen atoms in total. The molecule has 0 bridgehead atoms. The highest BCUT2D eigenvalue weighted by molar-refractivity contribution is 6.03. The number of hydrogen-bond donors (Lipinski definition) is 0. The van der Waals surface area contributed by atoms with Gasteiger partial charge in [0, 0.05) is 23.2 Å². The average molecular weight is 261 g/mol. The molecule has 0 N–H and O–H groups in total. The molecule has 20 heavy (non-hydrogen) atoms.